The van der Waals surface area contributed by atoms with E-state index in [2.05, 4.69) is 15.3 Å². The van der Waals surface area contributed by atoms with Gasteiger partial charge in [0.25, 0.3) is 0 Å². The van der Waals surface area contributed by atoms with Crippen molar-refractivity contribution in [3.05, 3.63) is 40.2 Å². The first-order valence-corrected chi connectivity index (χ1v) is 9.93. The number of alkyl halides is 6. The number of halogens is 7. The Morgan fingerprint density at radius 3 is 2.47 bits per heavy atom. The quantitative estimate of drug-likeness (QED) is 0.386. The Bertz CT molecular complexity index is 982. The van der Waals surface area contributed by atoms with Crippen LogP contribution in [0.25, 0.3) is 0 Å². The van der Waals surface area contributed by atoms with Crippen LogP contribution in [0.4, 0.5) is 38.0 Å². The highest BCUT2D eigenvalue weighted by atomic mass is 35.5. The molecule has 0 fully saturated rings. The summed E-state index contributed by atoms with van der Waals surface area (Å²) >= 11 is 6.86. The molecule has 1 aliphatic heterocycles. The molecule has 0 aliphatic carbocycles. The third-order valence-corrected chi connectivity index (χ3v) is 5.42. The van der Waals surface area contributed by atoms with Crippen molar-refractivity contribution in [3.8, 4) is 0 Å². The number of hydrogen-bond acceptors (Lipinski definition) is 5. The van der Waals surface area contributed by atoms with Gasteiger partial charge in [-0.15, -0.1) is 11.8 Å². The summed E-state index contributed by atoms with van der Waals surface area (Å²) in [6.07, 6.45) is -7.16. The van der Waals surface area contributed by atoms with Crippen LogP contribution in [0.3, 0.4) is 0 Å². The fourth-order valence-electron chi connectivity index (χ4n) is 2.94. The average Bonchev–Trinajstić information content (AvgIpc) is 2.64. The lowest BCUT2D eigenvalue weighted by Gasteiger charge is -2.30. The zero-order valence-corrected chi connectivity index (χ0v) is 16.7. The van der Waals surface area contributed by atoms with E-state index in [-0.39, 0.29) is 25.5 Å². The summed E-state index contributed by atoms with van der Waals surface area (Å²) in [6.45, 7) is -0.296. The molecule has 2 aromatic rings. The van der Waals surface area contributed by atoms with E-state index < -0.39 is 29.0 Å². The van der Waals surface area contributed by atoms with Crippen LogP contribution in [0.2, 0.25) is 5.15 Å². The summed E-state index contributed by atoms with van der Waals surface area (Å²) in [4.78, 5) is 20.1. The van der Waals surface area contributed by atoms with Crippen molar-refractivity contribution in [1.29, 1.82) is 0 Å². The van der Waals surface area contributed by atoms with Gasteiger partial charge in [0, 0.05) is 24.2 Å². The highest BCUT2D eigenvalue weighted by Crippen LogP contribution is 2.36. The van der Waals surface area contributed by atoms with Gasteiger partial charge in [-0.2, -0.15) is 26.3 Å². The zero-order chi connectivity index (χ0) is 22.3. The fraction of sp³-hybridized carbons (Fsp3) is 0.353. The molecule has 0 radical (unpaired) electrons. The second kappa shape index (κ2) is 8.14. The zero-order valence-electron chi connectivity index (χ0n) is 15.2. The summed E-state index contributed by atoms with van der Waals surface area (Å²) in [7, 11) is 0. The van der Waals surface area contributed by atoms with Crippen LogP contribution in [0.5, 0.6) is 0 Å². The third kappa shape index (κ3) is 4.75. The molecule has 1 aromatic carbocycles. The van der Waals surface area contributed by atoms with Gasteiger partial charge in [0.2, 0.25) is 5.95 Å². The van der Waals surface area contributed by atoms with E-state index in [1.807, 2.05) is 0 Å². The Balaban J connectivity index is 1.87. The first-order chi connectivity index (χ1) is 13.9. The average molecular weight is 471 g/mol. The van der Waals surface area contributed by atoms with E-state index in [1.165, 1.54) is 11.8 Å². The molecule has 2 heterocycles. The van der Waals surface area contributed by atoms with E-state index in [0.29, 0.717) is 27.9 Å². The lowest BCUT2D eigenvalue weighted by molar-refractivity contribution is -0.186. The maximum Gasteiger partial charge on any atom is 0.471 e. The van der Waals surface area contributed by atoms with E-state index in [1.54, 1.807) is 18.4 Å². The van der Waals surface area contributed by atoms with E-state index in [4.69, 9.17) is 11.6 Å². The Morgan fingerprint density at radius 1 is 1.20 bits per heavy atom. The van der Waals surface area contributed by atoms with Crippen LogP contribution >= 0.6 is 23.4 Å². The Labute approximate surface area is 175 Å². The van der Waals surface area contributed by atoms with Crippen molar-refractivity contribution >= 4 is 40.9 Å². The van der Waals surface area contributed by atoms with E-state index >= 15 is 0 Å². The fourth-order valence-corrected chi connectivity index (χ4v) is 3.76. The molecule has 1 N–H and O–H groups in total. The number of nitrogens with zero attached hydrogens (tertiary/aromatic N) is 3. The Morgan fingerprint density at radius 2 is 1.90 bits per heavy atom. The van der Waals surface area contributed by atoms with Crippen LogP contribution in [-0.2, 0) is 23.9 Å². The molecule has 0 spiro atoms. The van der Waals surface area contributed by atoms with E-state index in [0.717, 1.165) is 4.90 Å². The predicted octanol–water partition coefficient (Wildman–Crippen LogP) is 5.06. The van der Waals surface area contributed by atoms with Crippen LogP contribution in [0.15, 0.2) is 23.2 Å². The smallest absolute Gasteiger partial charge is 0.330 e. The highest BCUT2D eigenvalue weighted by molar-refractivity contribution is 7.98. The van der Waals surface area contributed by atoms with Crippen molar-refractivity contribution in [2.45, 2.75) is 30.2 Å². The molecule has 0 saturated carbocycles. The van der Waals surface area contributed by atoms with Gasteiger partial charge >= 0.3 is 18.3 Å². The van der Waals surface area contributed by atoms with Crippen molar-refractivity contribution in [2.75, 3.05) is 18.1 Å². The molecule has 13 heteroatoms. The number of carbonyl (C=O) groups excluding carboxylic acids is 1. The minimum absolute atomic E-state index is 0.105. The monoisotopic (exact) mass is 470 g/mol. The normalized spacial score (nSPS) is 14.5. The molecule has 0 unspecified atom stereocenters. The molecule has 0 atom stereocenters. The molecule has 1 aliphatic rings. The van der Waals surface area contributed by atoms with Crippen molar-refractivity contribution < 1.29 is 31.1 Å². The SMILES string of the molecule is CSc1cc2c(cc1Nc1ncc(C(F)(F)F)c(Cl)n1)CCN(C(=O)C(F)(F)F)C2. The number of benzene rings is 1. The summed E-state index contributed by atoms with van der Waals surface area (Å²) in [5.41, 5.74) is 0.562. The molecule has 0 saturated heterocycles. The van der Waals surface area contributed by atoms with Gasteiger partial charge in [0.1, 0.15) is 10.7 Å². The van der Waals surface area contributed by atoms with Crippen LogP contribution in [-0.4, -0.2) is 39.8 Å². The number of carbonyl (C=O) groups is 1. The van der Waals surface area contributed by atoms with Crippen molar-refractivity contribution in [3.63, 3.8) is 0 Å². The third-order valence-electron chi connectivity index (χ3n) is 4.36. The maximum atomic E-state index is 12.8. The largest absolute Gasteiger partial charge is 0.471 e. The number of nitrogens with one attached hydrogen (secondary N) is 1. The standard InChI is InChI=1S/C17H13ClF6N4OS/c1-30-12-5-9-7-28(14(29)17(22,23)24)3-2-8(9)4-11(12)26-15-25-6-10(13(18)27-15)16(19,20)21/h4-6H,2-3,7H2,1H3,(H,25,26,27). The topological polar surface area (TPSA) is 58.1 Å². The highest BCUT2D eigenvalue weighted by Gasteiger charge is 2.43. The number of thioether (sulfide) groups is 1. The molecule has 5 nitrogen and oxygen atoms in total. The van der Waals surface area contributed by atoms with E-state index in [9.17, 15) is 31.1 Å². The van der Waals surface area contributed by atoms with Gasteiger partial charge in [0.15, 0.2) is 0 Å². The van der Waals surface area contributed by atoms with Crippen molar-refractivity contribution in [1.82, 2.24) is 14.9 Å². The second-order valence-corrected chi connectivity index (χ2v) is 7.52. The number of fused-ring (bicyclic) bond motifs is 1. The molecule has 30 heavy (non-hydrogen) atoms. The minimum Gasteiger partial charge on any atom is -0.330 e. The first-order valence-electron chi connectivity index (χ1n) is 8.32. The molecule has 3 rings (SSSR count). The first kappa shape index (κ1) is 22.5. The molecular weight excluding hydrogens is 458 g/mol. The van der Waals surface area contributed by atoms with Crippen molar-refractivity contribution in [2.24, 2.45) is 0 Å². The minimum atomic E-state index is -4.94. The summed E-state index contributed by atoms with van der Waals surface area (Å²) in [5, 5.41) is 2.04. The second-order valence-electron chi connectivity index (χ2n) is 6.32. The predicted molar refractivity (Wildman–Crippen MR) is 98.7 cm³/mol. The summed E-state index contributed by atoms with van der Waals surface area (Å²) in [5.74, 6) is -2.05. The lowest BCUT2D eigenvalue weighted by Crippen LogP contribution is -2.43. The summed E-state index contributed by atoms with van der Waals surface area (Å²) in [6, 6.07) is 3.29. The van der Waals surface area contributed by atoms with Gasteiger partial charge in [-0.05, 0) is 35.9 Å². The molecule has 0 bridgehead atoms. The Kier molecular flexibility index (Phi) is 6.10. The van der Waals surface area contributed by atoms with Gasteiger partial charge in [-0.3, -0.25) is 4.79 Å². The number of rotatable bonds is 3. The van der Waals surface area contributed by atoms with Crippen LogP contribution < -0.4 is 5.32 Å². The van der Waals surface area contributed by atoms with Crippen LogP contribution in [0.1, 0.15) is 16.7 Å². The maximum absolute atomic E-state index is 12.8. The van der Waals surface area contributed by atoms with Gasteiger partial charge < -0.3 is 10.2 Å². The molecule has 1 amide bonds. The van der Waals surface area contributed by atoms with Gasteiger partial charge in [0.05, 0.1) is 5.69 Å². The number of anilines is 2. The number of amides is 1. The number of hydrogen-bond donors (Lipinski definition) is 1. The molecular formula is C17H13ClF6N4OS. The van der Waals surface area contributed by atoms with Crippen LogP contribution in [0, 0.1) is 0 Å². The van der Waals surface area contributed by atoms with Gasteiger partial charge in [-0.1, -0.05) is 11.6 Å². The summed E-state index contributed by atoms with van der Waals surface area (Å²) < 4.78 is 76.5. The lowest BCUT2D eigenvalue weighted by atomic mass is 9.98. The molecule has 1 aromatic heterocycles. The molecule has 162 valence electrons. The van der Waals surface area contributed by atoms with Gasteiger partial charge in [-0.25, -0.2) is 9.97 Å². The Hall–Kier alpha value is -2.21. The number of aromatic nitrogens is 2.